The molecule has 0 bridgehead atoms. The van der Waals surface area contributed by atoms with E-state index in [4.69, 9.17) is 4.74 Å². The number of nitrogens with zero attached hydrogens (tertiary/aromatic N) is 4. The predicted molar refractivity (Wildman–Crippen MR) is 88.7 cm³/mol. The van der Waals surface area contributed by atoms with Gasteiger partial charge in [-0.15, -0.1) is 0 Å². The summed E-state index contributed by atoms with van der Waals surface area (Å²) in [6.07, 6.45) is 1.91. The first-order valence-electron chi connectivity index (χ1n) is 7.43. The molecule has 0 aliphatic heterocycles. The fourth-order valence-corrected chi connectivity index (χ4v) is 2.85. The van der Waals surface area contributed by atoms with Gasteiger partial charge in [-0.05, 0) is 37.6 Å². The van der Waals surface area contributed by atoms with Gasteiger partial charge in [-0.3, -0.25) is 0 Å². The molecule has 3 aromatic rings. The first kappa shape index (κ1) is 15.8. The molecule has 0 atom stereocenters. The van der Waals surface area contributed by atoms with Crippen molar-refractivity contribution in [3.05, 3.63) is 53.1 Å². The number of aryl methyl sites for hydroxylation is 3. The van der Waals surface area contributed by atoms with Gasteiger partial charge in [-0.2, -0.15) is 10.4 Å². The zero-order valence-electron chi connectivity index (χ0n) is 14.0. The third-order valence-electron chi connectivity index (χ3n) is 4.05. The average molecular weight is 324 g/mol. The van der Waals surface area contributed by atoms with Gasteiger partial charge in [-0.25, -0.2) is 9.07 Å². The summed E-state index contributed by atoms with van der Waals surface area (Å²) in [4.78, 5) is 0. The van der Waals surface area contributed by atoms with Gasteiger partial charge in [-0.1, -0.05) is 0 Å². The van der Waals surface area contributed by atoms with Gasteiger partial charge in [0.25, 0.3) is 0 Å². The van der Waals surface area contributed by atoms with Crippen LogP contribution in [0.3, 0.4) is 0 Å². The number of halogens is 1. The van der Waals surface area contributed by atoms with Gasteiger partial charge < -0.3 is 9.30 Å². The van der Waals surface area contributed by atoms with E-state index in [1.54, 1.807) is 19.1 Å². The van der Waals surface area contributed by atoms with E-state index >= 15 is 0 Å². The Morgan fingerprint density at radius 1 is 1.21 bits per heavy atom. The summed E-state index contributed by atoms with van der Waals surface area (Å²) in [6.45, 7) is 3.70. The number of benzene rings is 1. The van der Waals surface area contributed by atoms with E-state index in [1.165, 1.54) is 17.9 Å². The van der Waals surface area contributed by atoms with Gasteiger partial charge in [0, 0.05) is 19.3 Å². The molecule has 0 fully saturated rings. The highest BCUT2D eigenvalue weighted by molar-refractivity contribution is 5.71. The number of nitriles is 1. The van der Waals surface area contributed by atoms with Crippen LogP contribution in [0.4, 0.5) is 4.39 Å². The minimum Gasteiger partial charge on any atom is -0.497 e. The van der Waals surface area contributed by atoms with E-state index in [9.17, 15) is 9.65 Å². The average Bonchev–Trinajstić information content (AvgIpc) is 3.05. The largest absolute Gasteiger partial charge is 0.497 e. The molecule has 0 aliphatic rings. The highest BCUT2D eigenvalue weighted by atomic mass is 19.1. The molecule has 24 heavy (non-hydrogen) atoms. The molecule has 0 saturated carbocycles. The molecule has 3 rings (SSSR count). The first-order valence-corrected chi connectivity index (χ1v) is 7.43. The van der Waals surface area contributed by atoms with Crippen LogP contribution in [-0.4, -0.2) is 21.5 Å². The van der Waals surface area contributed by atoms with Gasteiger partial charge in [0.1, 0.15) is 28.8 Å². The summed E-state index contributed by atoms with van der Waals surface area (Å²) in [5.41, 5.74) is 3.69. The molecular formula is C18H17FN4O. The van der Waals surface area contributed by atoms with E-state index in [0.29, 0.717) is 22.7 Å². The SMILES string of the molecule is COc1ccc(-n2nc(C)c(C#N)c2-c2c(C)ccn2C)c(F)c1. The van der Waals surface area contributed by atoms with E-state index in [1.807, 2.05) is 30.8 Å². The van der Waals surface area contributed by atoms with Crippen molar-refractivity contribution in [2.45, 2.75) is 13.8 Å². The molecule has 0 amide bonds. The van der Waals surface area contributed by atoms with Crippen LogP contribution in [0.5, 0.6) is 5.75 Å². The minimum absolute atomic E-state index is 0.274. The lowest BCUT2D eigenvalue weighted by Crippen LogP contribution is -2.05. The third kappa shape index (κ3) is 2.35. The second-order valence-corrected chi connectivity index (χ2v) is 5.61. The number of hydrogen-bond donors (Lipinski definition) is 0. The molecule has 0 aliphatic carbocycles. The van der Waals surface area contributed by atoms with Gasteiger partial charge in [0.15, 0.2) is 5.82 Å². The Morgan fingerprint density at radius 3 is 2.50 bits per heavy atom. The molecule has 0 unspecified atom stereocenters. The quantitative estimate of drug-likeness (QED) is 0.741. The summed E-state index contributed by atoms with van der Waals surface area (Å²) >= 11 is 0. The lowest BCUT2D eigenvalue weighted by molar-refractivity contribution is 0.411. The number of aromatic nitrogens is 3. The van der Waals surface area contributed by atoms with Crippen molar-refractivity contribution in [1.82, 2.24) is 14.3 Å². The van der Waals surface area contributed by atoms with E-state index < -0.39 is 5.82 Å². The van der Waals surface area contributed by atoms with Crippen LogP contribution >= 0.6 is 0 Å². The zero-order valence-corrected chi connectivity index (χ0v) is 14.0. The maximum atomic E-state index is 14.6. The third-order valence-corrected chi connectivity index (χ3v) is 4.05. The zero-order chi connectivity index (χ0) is 17.4. The summed E-state index contributed by atoms with van der Waals surface area (Å²) < 4.78 is 23.0. The molecule has 6 heteroatoms. The molecule has 0 N–H and O–H groups in total. The van der Waals surface area contributed by atoms with Crippen molar-refractivity contribution in [2.24, 2.45) is 7.05 Å². The Kier molecular flexibility index (Phi) is 3.86. The predicted octanol–water partition coefficient (Wildman–Crippen LogP) is 3.51. The number of ether oxygens (including phenoxy) is 1. The topological polar surface area (TPSA) is 55.8 Å². The number of hydrogen-bond acceptors (Lipinski definition) is 3. The van der Waals surface area contributed by atoms with Gasteiger partial charge in [0.2, 0.25) is 0 Å². The van der Waals surface area contributed by atoms with E-state index in [0.717, 1.165) is 11.3 Å². The monoisotopic (exact) mass is 324 g/mol. The smallest absolute Gasteiger partial charge is 0.152 e. The second kappa shape index (κ2) is 5.85. The van der Waals surface area contributed by atoms with E-state index in [2.05, 4.69) is 11.2 Å². The minimum atomic E-state index is -0.463. The standard InChI is InChI=1S/C18H17FN4O/c1-11-7-8-22(3)17(11)18-14(10-20)12(2)21-23(18)16-6-5-13(24-4)9-15(16)19/h5-9H,1-4H3. The summed E-state index contributed by atoms with van der Waals surface area (Å²) in [5.74, 6) is -0.0355. The molecule has 0 saturated heterocycles. The second-order valence-electron chi connectivity index (χ2n) is 5.61. The molecule has 1 aromatic carbocycles. The lowest BCUT2D eigenvalue weighted by Gasteiger charge is -2.12. The normalized spacial score (nSPS) is 10.7. The molecule has 0 spiro atoms. The molecule has 2 aromatic heterocycles. The molecular weight excluding hydrogens is 307 g/mol. The van der Waals surface area contributed by atoms with Crippen molar-refractivity contribution < 1.29 is 9.13 Å². The van der Waals surface area contributed by atoms with E-state index in [-0.39, 0.29) is 5.69 Å². The van der Waals surface area contributed by atoms with Crippen LogP contribution in [-0.2, 0) is 7.05 Å². The van der Waals surface area contributed by atoms with Crippen LogP contribution < -0.4 is 4.74 Å². The van der Waals surface area contributed by atoms with Crippen molar-refractivity contribution in [1.29, 1.82) is 5.26 Å². The Bertz CT molecular complexity index is 943. The van der Waals surface area contributed by atoms with Crippen LogP contribution in [0, 0.1) is 31.0 Å². The van der Waals surface area contributed by atoms with Gasteiger partial charge in [0.05, 0.1) is 18.5 Å². The lowest BCUT2D eigenvalue weighted by atomic mass is 10.1. The number of rotatable bonds is 3. The Labute approximate surface area is 139 Å². The fraction of sp³-hybridized carbons (Fsp3) is 0.222. The first-order chi connectivity index (χ1) is 11.5. The maximum Gasteiger partial charge on any atom is 0.152 e. The fourth-order valence-electron chi connectivity index (χ4n) is 2.85. The van der Waals surface area contributed by atoms with Crippen LogP contribution in [0.25, 0.3) is 17.1 Å². The van der Waals surface area contributed by atoms with Crippen LogP contribution in [0.15, 0.2) is 30.5 Å². The number of methoxy groups -OCH3 is 1. The Morgan fingerprint density at radius 2 is 1.96 bits per heavy atom. The highest BCUT2D eigenvalue weighted by Crippen LogP contribution is 2.32. The highest BCUT2D eigenvalue weighted by Gasteiger charge is 2.23. The molecule has 2 heterocycles. The van der Waals surface area contributed by atoms with Gasteiger partial charge >= 0.3 is 0 Å². The summed E-state index contributed by atoms with van der Waals surface area (Å²) in [6, 6.07) is 8.72. The molecule has 0 radical (unpaired) electrons. The van der Waals surface area contributed by atoms with Crippen molar-refractivity contribution in [3.63, 3.8) is 0 Å². The Balaban J connectivity index is 2.33. The van der Waals surface area contributed by atoms with Crippen molar-refractivity contribution in [3.8, 4) is 28.9 Å². The maximum absolute atomic E-state index is 14.6. The molecule has 5 nitrogen and oxygen atoms in total. The molecule has 122 valence electrons. The van der Waals surface area contributed by atoms with Crippen LogP contribution in [0.2, 0.25) is 0 Å². The van der Waals surface area contributed by atoms with Crippen LogP contribution in [0.1, 0.15) is 16.8 Å². The Hall–Kier alpha value is -3.07. The van der Waals surface area contributed by atoms with Crippen molar-refractivity contribution in [2.75, 3.05) is 7.11 Å². The summed E-state index contributed by atoms with van der Waals surface area (Å²) in [5, 5.41) is 14.0. The van der Waals surface area contributed by atoms with Crippen molar-refractivity contribution >= 4 is 0 Å². The summed E-state index contributed by atoms with van der Waals surface area (Å²) in [7, 11) is 3.37.